The fourth-order valence-electron chi connectivity index (χ4n) is 4.12. The quantitative estimate of drug-likeness (QED) is 0.860. The molecular weight excluding hydrogens is 258 g/mol. The predicted molar refractivity (Wildman–Crippen MR) is 85.8 cm³/mol. The molecule has 2 atom stereocenters. The van der Waals surface area contributed by atoms with Crippen LogP contribution in [0.3, 0.4) is 0 Å². The standard InChI is InChI=1S/C19H27NO/c1-2-15(17(3-1)13-20-18-7-8-18)6-4-14-5-9-19-16(12-14)10-11-21-19/h5,9,12,15,17-18,20H,1-4,6-8,10-11,13H2. The topological polar surface area (TPSA) is 21.3 Å². The molecule has 1 heterocycles. The Morgan fingerprint density at radius 3 is 2.90 bits per heavy atom. The van der Waals surface area contributed by atoms with Crippen molar-refractivity contribution in [2.24, 2.45) is 11.8 Å². The van der Waals surface area contributed by atoms with Gasteiger partial charge in [0.2, 0.25) is 0 Å². The zero-order chi connectivity index (χ0) is 14.1. The molecule has 3 aliphatic rings. The third kappa shape index (κ3) is 3.26. The van der Waals surface area contributed by atoms with Crippen LogP contribution >= 0.6 is 0 Å². The van der Waals surface area contributed by atoms with Crippen molar-refractivity contribution in [2.75, 3.05) is 13.2 Å². The molecule has 2 aliphatic carbocycles. The Kier molecular flexibility index (Phi) is 3.89. The van der Waals surface area contributed by atoms with Gasteiger partial charge >= 0.3 is 0 Å². The van der Waals surface area contributed by atoms with E-state index >= 15 is 0 Å². The number of benzene rings is 1. The molecule has 1 aromatic carbocycles. The predicted octanol–water partition coefficient (Wildman–Crippen LogP) is 3.72. The fourth-order valence-corrected chi connectivity index (χ4v) is 4.12. The fraction of sp³-hybridized carbons (Fsp3) is 0.684. The summed E-state index contributed by atoms with van der Waals surface area (Å²) in [5, 5.41) is 3.74. The highest BCUT2D eigenvalue weighted by Crippen LogP contribution is 2.36. The highest BCUT2D eigenvalue weighted by Gasteiger charge is 2.29. The number of ether oxygens (including phenoxy) is 1. The van der Waals surface area contributed by atoms with Gasteiger partial charge in [0.25, 0.3) is 0 Å². The van der Waals surface area contributed by atoms with Crippen molar-refractivity contribution < 1.29 is 4.74 Å². The highest BCUT2D eigenvalue weighted by molar-refractivity contribution is 5.39. The normalized spacial score (nSPS) is 27.6. The average molecular weight is 285 g/mol. The van der Waals surface area contributed by atoms with Crippen LogP contribution in [0, 0.1) is 11.8 Å². The van der Waals surface area contributed by atoms with E-state index in [1.54, 1.807) is 0 Å². The SMILES string of the molecule is c1cc2c(cc1CCC1CCCC1CNC1CC1)CCO2. The molecule has 2 saturated carbocycles. The lowest BCUT2D eigenvalue weighted by atomic mass is 9.89. The van der Waals surface area contributed by atoms with E-state index < -0.39 is 0 Å². The second-order valence-electron chi connectivity index (χ2n) is 7.21. The number of nitrogens with one attached hydrogen (secondary N) is 1. The molecule has 0 spiro atoms. The van der Waals surface area contributed by atoms with Crippen molar-refractivity contribution in [3.8, 4) is 5.75 Å². The Hall–Kier alpha value is -1.02. The van der Waals surface area contributed by atoms with E-state index in [-0.39, 0.29) is 0 Å². The van der Waals surface area contributed by atoms with Crippen molar-refractivity contribution in [2.45, 2.75) is 57.4 Å². The summed E-state index contributed by atoms with van der Waals surface area (Å²) in [6, 6.07) is 7.70. The van der Waals surface area contributed by atoms with Crippen molar-refractivity contribution in [1.29, 1.82) is 0 Å². The summed E-state index contributed by atoms with van der Waals surface area (Å²) in [6.07, 6.45) is 10.9. The summed E-state index contributed by atoms with van der Waals surface area (Å²) in [5.41, 5.74) is 2.94. The van der Waals surface area contributed by atoms with Gasteiger partial charge < -0.3 is 10.1 Å². The first-order valence-corrected chi connectivity index (χ1v) is 8.86. The van der Waals surface area contributed by atoms with Crippen LogP contribution in [-0.2, 0) is 12.8 Å². The lowest BCUT2D eigenvalue weighted by Crippen LogP contribution is -2.27. The van der Waals surface area contributed by atoms with Crippen LogP contribution in [0.5, 0.6) is 5.75 Å². The molecule has 1 N–H and O–H groups in total. The molecule has 0 aromatic heterocycles. The lowest BCUT2D eigenvalue weighted by molar-refractivity contribution is 0.346. The maximum Gasteiger partial charge on any atom is 0.122 e. The van der Waals surface area contributed by atoms with Crippen molar-refractivity contribution in [3.63, 3.8) is 0 Å². The first-order chi connectivity index (χ1) is 10.4. The molecule has 0 amide bonds. The molecule has 2 nitrogen and oxygen atoms in total. The third-order valence-corrected chi connectivity index (χ3v) is 5.62. The minimum atomic E-state index is 0.864. The van der Waals surface area contributed by atoms with Gasteiger partial charge in [0, 0.05) is 12.5 Å². The Labute approximate surface area is 128 Å². The minimum Gasteiger partial charge on any atom is -0.493 e. The van der Waals surface area contributed by atoms with E-state index in [1.165, 1.54) is 62.6 Å². The molecule has 0 radical (unpaired) electrons. The van der Waals surface area contributed by atoms with E-state index in [1.807, 2.05) is 0 Å². The number of aryl methyl sites for hydroxylation is 1. The first-order valence-electron chi connectivity index (χ1n) is 8.86. The van der Waals surface area contributed by atoms with Crippen LogP contribution in [-0.4, -0.2) is 19.2 Å². The van der Waals surface area contributed by atoms with Crippen LogP contribution < -0.4 is 10.1 Å². The second-order valence-corrected chi connectivity index (χ2v) is 7.21. The van der Waals surface area contributed by atoms with Crippen molar-refractivity contribution in [3.05, 3.63) is 29.3 Å². The third-order valence-electron chi connectivity index (χ3n) is 5.62. The Bertz CT molecular complexity index is 494. The van der Waals surface area contributed by atoms with E-state index in [0.717, 1.165) is 36.7 Å². The maximum atomic E-state index is 5.60. The van der Waals surface area contributed by atoms with E-state index in [2.05, 4.69) is 23.5 Å². The smallest absolute Gasteiger partial charge is 0.122 e. The van der Waals surface area contributed by atoms with E-state index in [0.29, 0.717) is 0 Å². The molecule has 4 rings (SSSR count). The maximum absolute atomic E-state index is 5.60. The van der Waals surface area contributed by atoms with Gasteiger partial charge in [-0.3, -0.25) is 0 Å². The van der Waals surface area contributed by atoms with Gasteiger partial charge in [0.15, 0.2) is 0 Å². The van der Waals surface area contributed by atoms with Crippen LogP contribution in [0.25, 0.3) is 0 Å². The number of hydrogen-bond donors (Lipinski definition) is 1. The van der Waals surface area contributed by atoms with E-state index in [9.17, 15) is 0 Å². The molecule has 114 valence electrons. The Morgan fingerprint density at radius 2 is 2.00 bits per heavy atom. The van der Waals surface area contributed by atoms with Gasteiger partial charge in [-0.1, -0.05) is 25.0 Å². The summed E-state index contributed by atoms with van der Waals surface area (Å²) >= 11 is 0. The monoisotopic (exact) mass is 285 g/mol. The molecule has 0 saturated heterocycles. The molecule has 1 aromatic rings. The zero-order valence-electron chi connectivity index (χ0n) is 12.9. The largest absolute Gasteiger partial charge is 0.493 e. The summed E-state index contributed by atoms with van der Waals surface area (Å²) in [5.74, 6) is 3.00. The van der Waals surface area contributed by atoms with E-state index in [4.69, 9.17) is 4.74 Å². The summed E-state index contributed by atoms with van der Waals surface area (Å²) in [6.45, 7) is 2.14. The van der Waals surface area contributed by atoms with Gasteiger partial charge in [0.1, 0.15) is 5.75 Å². The van der Waals surface area contributed by atoms with Crippen molar-refractivity contribution >= 4 is 0 Å². The molecule has 21 heavy (non-hydrogen) atoms. The number of hydrogen-bond acceptors (Lipinski definition) is 2. The van der Waals surface area contributed by atoms with Crippen molar-refractivity contribution in [1.82, 2.24) is 5.32 Å². The molecular formula is C19H27NO. The van der Waals surface area contributed by atoms with Gasteiger partial charge in [-0.15, -0.1) is 0 Å². The summed E-state index contributed by atoms with van der Waals surface area (Å²) in [4.78, 5) is 0. The van der Waals surface area contributed by atoms with Gasteiger partial charge in [0.05, 0.1) is 6.61 Å². The van der Waals surface area contributed by atoms with Crippen LogP contribution in [0.4, 0.5) is 0 Å². The molecule has 1 aliphatic heterocycles. The molecule has 2 fully saturated rings. The molecule has 2 heteroatoms. The Morgan fingerprint density at radius 1 is 1.10 bits per heavy atom. The minimum absolute atomic E-state index is 0.864. The van der Waals surface area contributed by atoms with Crippen LogP contribution in [0.15, 0.2) is 18.2 Å². The van der Waals surface area contributed by atoms with Crippen LogP contribution in [0.2, 0.25) is 0 Å². The first kappa shape index (κ1) is 13.6. The zero-order valence-corrected chi connectivity index (χ0v) is 12.9. The van der Waals surface area contributed by atoms with Gasteiger partial charge in [-0.05, 0) is 67.7 Å². The molecule has 0 bridgehead atoms. The van der Waals surface area contributed by atoms with Gasteiger partial charge in [-0.25, -0.2) is 0 Å². The van der Waals surface area contributed by atoms with Gasteiger partial charge in [-0.2, -0.15) is 0 Å². The average Bonchev–Trinajstić information content (AvgIpc) is 3.04. The number of rotatable bonds is 6. The summed E-state index contributed by atoms with van der Waals surface area (Å²) in [7, 11) is 0. The lowest BCUT2D eigenvalue weighted by Gasteiger charge is -2.20. The second kappa shape index (κ2) is 6.00. The number of fused-ring (bicyclic) bond motifs is 1. The molecule has 2 unspecified atom stereocenters. The summed E-state index contributed by atoms with van der Waals surface area (Å²) < 4.78 is 5.60. The highest BCUT2D eigenvalue weighted by atomic mass is 16.5. The van der Waals surface area contributed by atoms with Crippen LogP contribution in [0.1, 0.15) is 49.7 Å². The Balaban J connectivity index is 1.30.